The molecule has 0 aliphatic rings. The maximum absolute atomic E-state index is 11.7. The Labute approximate surface area is 134 Å². The van der Waals surface area contributed by atoms with E-state index in [9.17, 15) is 8.42 Å². The molecule has 0 saturated heterocycles. The Morgan fingerprint density at radius 1 is 1.10 bits per heavy atom. The third-order valence-corrected chi connectivity index (χ3v) is 5.02. The average Bonchev–Trinajstić information content (AvgIpc) is 2.40. The summed E-state index contributed by atoms with van der Waals surface area (Å²) in [6.45, 7) is 4.01. The Hall–Kier alpha value is -1.33. The molecule has 0 amide bonds. The Bertz CT molecular complexity index is 739. The Morgan fingerprint density at radius 2 is 1.71 bits per heavy atom. The van der Waals surface area contributed by atoms with E-state index in [0.717, 1.165) is 21.3 Å². The second-order valence-corrected chi connectivity index (χ2v) is 8.10. The lowest BCUT2D eigenvalue weighted by atomic mass is 10.1. The van der Waals surface area contributed by atoms with Gasteiger partial charge in [-0.3, -0.25) is 0 Å². The molecule has 0 aromatic heterocycles. The smallest absolute Gasteiger partial charge is 0.175 e. The summed E-state index contributed by atoms with van der Waals surface area (Å²) in [6.07, 6.45) is 1.22. The van der Waals surface area contributed by atoms with Crippen LogP contribution in [0.1, 0.15) is 24.1 Å². The highest BCUT2D eigenvalue weighted by Gasteiger charge is 2.12. The molecule has 112 valence electrons. The van der Waals surface area contributed by atoms with Crippen molar-refractivity contribution < 1.29 is 8.42 Å². The van der Waals surface area contributed by atoms with E-state index in [1.165, 1.54) is 6.26 Å². The summed E-state index contributed by atoms with van der Waals surface area (Å²) in [5.74, 6) is 0. The van der Waals surface area contributed by atoms with Crippen LogP contribution in [0.5, 0.6) is 0 Å². The molecule has 1 atom stereocenters. The summed E-state index contributed by atoms with van der Waals surface area (Å²) in [5.41, 5.74) is 3.00. The van der Waals surface area contributed by atoms with Gasteiger partial charge >= 0.3 is 0 Å². The summed E-state index contributed by atoms with van der Waals surface area (Å²) in [5, 5.41) is 3.38. The normalized spacial score (nSPS) is 13.0. The first kappa shape index (κ1) is 16.0. The number of hydrogen-bond acceptors (Lipinski definition) is 3. The highest BCUT2D eigenvalue weighted by Crippen LogP contribution is 2.25. The molecule has 0 saturated carbocycles. The SMILES string of the molecule is Cc1ccc(S(C)(=O)=O)cc1NC(C)c1ccc(Br)cc1. The van der Waals surface area contributed by atoms with Crippen LogP contribution >= 0.6 is 15.9 Å². The molecule has 1 N–H and O–H groups in total. The quantitative estimate of drug-likeness (QED) is 0.874. The molecule has 0 heterocycles. The van der Waals surface area contributed by atoms with Crippen molar-refractivity contribution in [3.63, 3.8) is 0 Å². The van der Waals surface area contributed by atoms with Gasteiger partial charge < -0.3 is 5.32 Å². The standard InChI is InChI=1S/C16H18BrNO2S/c1-11-4-9-15(21(3,19)20)10-16(11)18-12(2)13-5-7-14(17)8-6-13/h4-10,12,18H,1-3H3. The number of anilines is 1. The van der Waals surface area contributed by atoms with E-state index >= 15 is 0 Å². The van der Waals surface area contributed by atoms with Gasteiger partial charge in [0.25, 0.3) is 0 Å². The number of benzene rings is 2. The molecule has 3 nitrogen and oxygen atoms in total. The predicted octanol–water partition coefficient (Wildman–Crippen LogP) is 4.33. The van der Waals surface area contributed by atoms with Crippen molar-refractivity contribution in [1.29, 1.82) is 0 Å². The zero-order chi connectivity index (χ0) is 15.6. The number of halogens is 1. The third kappa shape index (κ3) is 4.08. The minimum absolute atomic E-state index is 0.0895. The van der Waals surface area contributed by atoms with Crippen molar-refractivity contribution in [3.8, 4) is 0 Å². The van der Waals surface area contributed by atoms with E-state index in [-0.39, 0.29) is 6.04 Å². The van der Waals surface area contributed by atoms with Gasteiger partial charge in [0.15, 0.2) is 9.84 Å². The van der Waals surface area contributed by atoms with Gasteiger partial charge in [-0.05, 0) is 49.2 Å². The Kier molecular flexibility index (Phi) is 4.74. The Balaban J connectivity index is 2.28. The van der Waals surface area contributed by atoms with Gasteiger partial charge in [-0.25, -0.2) is 8.42 Å². The molecule has 1 unspecified atom stereocenters. The molecule has 0 aliphatic carbocycles. The van der Waals surface area contributed by atoms with Crippen molar-refractivity contribution >= 4 is 31.5 Å². The fourth-order valence-electron chi connectivity index (χ4n) is 2.06. The van der Waals surface area contributed by atoms with Crippen LogP contribution in [0, 0.1) is 6.92 Å². The predicted molar refractivity (Wildman–Crippen MR) is 90.5 cm³/mol. The van der Waals surface area contributed by atoms with E-state index in [1.807, 2.05) is 37.3 Å². The second-order valence-electron chi connectivity index (χ2n) is 5.17. The first-order chi connectivity index (χ1) is 9.77. The molecule has 0 fully saturated rings. The molecule has 0 radical (unpaired) electrons. The van der Waals surface area contributed by atoms with Crippen LogP contribution in [0.2, 0.25) is 0 Å². The molecule has 0 bridgehead atoms. The molecular formula is C16H18BrNO2S. The van der Waals surface area contributed by atoms with Gasteiger partial charge in [0.1, 0.15) is 0 Å². The molecule has 2 aromatic carbocycles. The lowest BCUT2D eigenvalue weighted by Gasteiger charge is -2.18. The number of sulfone groups is 1. The van der Waals surface area contributed by atoms with Gasteiger partial charge in [0.05, 0.1) is 4.90 Å². The monoisotopic (exact) mass is 367 g/mol. The molecule has 0 aliphatic heterocycles. The zero-order valence-corrected chi connectivity index (χ0v) is 14.6. The summed E-state index contributed by atoms with van der Waals surface area (Å²) in [4.78, 5) is 0.332. The molecule has 21 heavy (non-hydrogen) atoms. The molecule has 0 spiro atoms. The fourth-order valence-corrected chi connectivity index (χ4v) is 2.97. The van der Waals surface area contributed by atoms with E-state index in [0.29, 0.717) is 4.90 Å². The largest absolute Gasteiger partial charge is 0.378 e. The van der Waals surface area contributed by atoms with E-state index in [2.05, 4.69) is 28.2 Å². The van der Waals surface area contributed by atoms with Crippen molar-refractivity contribution in [1.82, 2.24) is 0 Å². The zero-order valence-electron chi connectivity index (χ0n) is 12.2. The lowest BCUT2D eigenvalue weighted by Crippen LogP contribution is -2.08. The van der Waals surface area contributed by atoms with Gasteiger partial charge in [0, 0.05) is 22.5 Å². The molecule has 2 aromatic rings. The van der Waals surface area contributed by atoms with Crippen LogP contribution in [0.3, 0.4) is 0 Å². The third-order valence-electron chi connectivity index (χ3n) is 3.38. The maximum Gasteiger partial charge on any atom is 0.175 e. The van der Waals surface area contributed by atoms with E-state index in [4.69, 9.17) is 0 Å². The molecule has 2 rings (SSSR count). The topological polar surface area (TPSA) is 46.2 Å². The minimum Gasteiger partial charge on any atom is -0.378 e. The summed E-state index contributed by atoms with van der Waals surface area (Å²) < 4.78 is 24.3. The number of hydrogen-bond donors (Lipinski definition) is 1. The first-order valence-electron chi connectivity index (χ1n) is 6.60. The number of nitrogens with one attached hydrogen (secondary N) is 1. The minimum atomic E-state index is -3.19. The summed E-state index contributed by atoms with van der Waals surface area (Å²) in [7, 11) is -3.19. The van der Waals surface area contributed by atoms with Crippen LogP contribution in [0.4, 0.5) is 5.69 Å². The molecular weight excluding hydrogens is 350 g/mol. The van der Waals surface area contributed by atoms with Crippen LogP contribution < -0.4 is 5.32 Å². The van der Waals surface area contributed by atoms with Gasteiger partial charge in [0.2, 0.25) is 0 Å². The Morgan fingerprint density at radius 3 is 2.29 bits per heavy atom. The van der Waals surface area contributed by atoms with Crippen LogP contribution in [0.15, 0.2) is 51.8 Å². The van der Waals surface area contributed by atoms with Crippen LogP contribution in [-0.4, -0.2) is 14.7 Å². The van der Waals surface area contributed by atoms with Crippen molar-refractivity contribution in [3.05, 3.63) is 58.1 Å². The van der Waals surface area contributed by atoms with Gasteiger partial charge in [-0.1, -0.05) is 34.1 Å². The van der Waals surface area contributed by atoms with Crippen molar-refractivity contribution in [2.45, 2.75) is 24.8 Å². The van der Waals surface area contributed by atoms with E-state index in [1.54, 1.807) is 12.1 Å². The number of aryl methyl sites for hydroxylation is 1. The second kappa shape index (κ2) is 6.20. The lowest BCUT2D eigenvalue weighted by molar-refractivity contribution is 0.602. The molecule has 5 heteroatoms. The number of rotatable bonds is 4. The summed E-state index contributed by atoms with van der Waals surface area (Å²) >= 11 is 3.42. The van der Waals surface area contributed by atoms with E-state index < -0.39 is 9.84 Å². The fraction of sp³-hybridized carbons (Fsp3) is 0.250. The highest BCUT2D eigenvalue weighted by molar-refractivity contribution is 9.10. The highest BCUT2D eigenvalue weighted by atomic mass is 79.9. The maximum atomic E-state index is 11.7. The van der Waals surface area contributed by atoms with Gasteiger partial charge in [-0.15, -0.1) is 0 Å². The van der Waals surface area contributed by atoms with Crippen molar-refractivity contribution in [2.75, 3.05) is 11.6 Å². The average molecular weight is 368 g/mol. The summed E-state index contributed by atoms with van der Waals surface area (Å²) in [6, 6.07) is 13.3. The van der Waals surface area contributed by atoms with Crippen LogP contribution in [-0.2, 0) is 9.84 Å². The van der Waals surface area contributed by atoms with Crippen LogP contribution in [0.25, 0.3) is 0 Å². The van der Waals surface area contributed by atoms with Gasteiger partial charge in [-0.2, -0.15) is 0 Å². The first-order valence-corrected chi connectivity index (χ1v) is 9.28. The van der Waals surface area contributed by atoms with Crippen molar-refractivity contribution in [2.24, 2.45) is 0 Å².